The van der Waals surface area contributed by atoms with Gasteiger partial charge in [0.25, 0.3) is 0 Å². The van der Waals surface area contributed by atoms with Crippen molar-refractivity contribution in [3.8, 4) is 11.3 Å². The van der Waals surface area contributed by atoms with E-state index in [1.165, 1.54) is 11.5 Å². The van der Waals surface area contributed by atoms with E-state index in [2.05, 4.69) is 54.6 Å². The van der Waals surface area contributed by atoms with Crippen LogP contribution in [0.3, 0.4) is 0 Å². The summed E-state index contributed by atoms with van der Waals surface area (Å²) in [6.07, 6.45) is 5.04. The number of amidine groups is 1. The van der Waals surface area contributed by atoms with Gasteiger partial charge in [-0.2, -0.15) is 5.10 Å². The van der Waals surface area contributed by atoms with Crippen LogP contribution < -0.4 is 5.32 Å². The number of likely N-dealkylation sites (tertiary alicyclic amines) is 1. The van der Waals surface area contributed by atoms with E-state index in [-0.39, 0.29) is 18.6 Å². The van der Waals surface area contributed by atoms with Gasteiger partial charge in [-0.25, -0.2) is 4.79 Å². The largest absolute Gasteiger partial charge is 0.445 e. The van der Waals surface area contributed by atoms with Crippen molar-refractivity contribution in [3.63, 3.8) is 0 Å². The number of aromatic nitrogens is 2. The van der Waals surface area contributed by atoms with E-state index in [9.17, 15) is 4.79 Å². The lowest BCUT2D eigenvalue weighted by molar-refractivity contribution is 0.0844. The second kappa shape index (κ2) is 15.2. The van der Waals surface area contributed by atoms with E-state index in [0.29, 0.717) is 30.0 Å². The van der Waals surface area contributed by atoms with E-state index in [1.807, 2.05) is 68.0 Å². The predicted molar refractivity (Wildman–Crippen MR) is 169 cm³/mol. The number of nitrogens with one attached hydrogen (secondary N) is 1. The number of ether oxygens (including phenoxy) is 1. The van der Waals surface area contributed by atoms with Gasteiger partial charge in [-0.05, 0) is 51.4 Å². The van der Waals surface area contributed by atoms with Gasteiger partial charge in [0.15, 0.2) is 0 Å². The lowest BCUT2D eigenvalue weighted by Crippen LogP contribution is -2.40. The first-order valence-corrected chi connectivity index (χ1v) is 14.9. The second-order valence-electron chi connectivity index (χ2n) is 9.53. The summed E-state index contributed by atoms with van der Waals surface area (Å²) in [6.45, 7) is 5.85. The molecule has 0 radical (unpaired) electrons. The lowest BCUT2D eigenvalue weighted by Gasteiger charge is -2.32. The average Bonchev–Trinajstić information content (AvgIpc) is 3.55. The first kappa shape index (κ1) is 30.1. The highest BCUT2D eigenvalue weighted by atomic mass is 79.9. The van der Waals surface area contributed by atoms with Crippen molar-refractivity contribution in [1.82, 2.24) is 24.8 Å². The van der Waals surface area contributed by atoms with Crippen LogP contribution in [0.25, 0.3) is 11.3 Å². The number of benzene rings is 2. The maximum atomic E-state index is 12.6. The van der Waals surface area contributed by atoms with Crippen LogP contribution in [0.4, 0.5) is 4.79 Å². The van der Waals surface area contributed by atoms with Crippen molar-refractivity contribution in [1.29, 1.82) is 0 Å². The Morgan fingerprint density at radius 1 is 1.20 bits per heavy atom. The number of hydrogen-bond acceptors (Lipinski definition) is 8. The normalized spacial score (nSPS) is 14.8. The summed E-state index contributed by atoms with van der Waals surface area (Å²) in [5.41, 5.74) is 4.99. The van der Waals surface area contributed by atoms with Crippen LogP contribution >= 0.6 is 27.5 Å². The first-order valence-electron chi connectivity index (χ1n) is 13.3. The number of carbonyl (C=O) groups excluding carboxylic acids is 1. The molecule has 3 aromatic rings. The number of likely N-dealkylation sites (N-methyl/N-ethyl adjacent to an activating group) is 1. The minimum absolute atomic E-state index is 0.248. The van der Waals surface area contributed by atoms with Crippen molar-refractivity contribution in [2.75, 3.05) is 27.2 Å². The monoisotopic (exact) mass is 635 g/mol. The molecule has 0 aliphatic carbocycles. The fourth-order valence-electron chi connectivity index (χ4n) is 4.41. The number of hydrazone groups is 1. The number of carbonyl (C=O) groups is 1. The van der Waals surface area contributed by atoms with E-state index < -0.39 is 0 Å². The fraction of sp³-hybridized carbons (Fsp3) is 0.300. The number of hydrogen-bond donors (Lipinski definition) is 1. The molecule has 1 N–H and O–H groups in total. The smallest absolute Gasteiger partial charge is 0.410 e. The third-order valence-electron chi connectivity index (χ3n) is 6.71. The van der Waals surface area contributed by atoms with Crippen LogP contribution in [0.5, 0.6) is 0 Å². The van der Waals surface area contributed by atoms with Gasteiger partial charge in [-0.1, -0.05) is 65.7 Å². The Morgan fingerprint density at radius 3 is 2.56 bits per heavy atom. The summed E-state index contributed by atoms with van der Waals surface area (Å²) in [5, 5.41) is 15.6. The average molecular weight is 637 g/mol. The fourth-order valence-corrected chi connectivity index (χ4v) is 4.97. The topological polar surface area (TPSA) is 95.3 Å². The van der Waals surface area contributed by atoms with Crippen molar-refractivity contribution >= 4 is 45.6 Å². The Morgan fingerprint density at radius 2 is 1.93 bits per heavy atom. The highest BCUT2D eigenvalue weighted by molar-refractivity contribution is 9.12. The molecule has 11 heteroatoms. The number of aliphatic imine (C=N–C) groups is 1. The molecule has 0 bridgehead atoms. The molecule has 2 aromatic carbocycles. The Kier molecular flexibility index (Phi) is 11.2. The van der Waals surface area contributed by atoms with Crippen LogP contribution in [0.1, 0.15) is 24.0 Å². The first-order chi connectivity index (χ1) is 19.9. The van der Waals surface area contributed by atoms with Crippen LogP contribution in [-0.4, -0.2) is 64.8 Å². The molecule has 1 amide bonds. The zero-order chi connectivity index (χ0) is 29.0. The molecular weight excluding hydrogens is 602 g/mol. The van der Waals surface area contributed by atoms with Gasteiger partial charge in [0, 0.05) is 60.3 Å². The number of piperidine rings is 1. The zero-order valence-electron chi connectivity index (χ0n) is 23.2. The Labute approximate surface area is 253 Å². The third-order valence-corrected chi connectivity index (χ3v) is 7.42. The molecule has 1 fully saturated rings. The summed E-state index contributed by atoms with van der Waals surface area (Å²) in [6, 6.07) is 17.9. The molecule has 1 saturated heterocycles. The Hall–Kier alpha value is -3.83. The van der Waals surface area contributed by atoms with Crippen molar-refractivity contribution < 1.29 is 9.53 Å². The Bertz CT molecular complexity index is 1370. The van der Waals surface area contributed by atoms with Gasteiger partial charge in [-0.3, -0.25) is 10.0 Å². The van der Waals surface area contributed by atoms with E-state index in [1.54, 1.807) is 16.1 Å². The molecule has 214 valence electrons. The second-order valence-corrected chi connectivity index (χ2v) is 11.2. The predicted octanol–water partition coefficient (Wildman–Crippen LogP) is 6.08. The molecule has 2 heterocycles. The van der Waals surface area contributed by atoms with Crippen LogP contribution in [0.2, 0.25) is 0 Å². The van der Waals surface area contributed by atoms with Crippen LogP contribution in [0.15, 0.2) is 92.9 Å². The number of rotatable bonds is 10. The molecule has 0 saturated carbocycles. The summed E-state index contributed by atoms with van der Waals surface area (Å²) < 4.78 is 10.1. The summed E-state index contributed by atoms with van der Waals surface area (Å²) in [7, 11) is 3.78. The van der Waals surface area contributed by atoms with E-state index >= 15 is 0 Å². The molecule has 0 spiro atoms. The highest BCUT2D eigenvalue weighted by Crippen LogP contribution is 2.24. The Balaban J connectivity index is 1.42. The summed E-state index contributed by atoms with van der Waals surface area (Å²) in [5.74, 6) is 0.953. The number of allylic oxidation sites excluding steroid dienone is 2. The van der Waals surface area contributed by atoms with Gasteiger partial charge < -0.3 is 15.0 Å². The van der Waals surface area contributed by atoms with E-state index in [0.717, 1.165) is 40.9 Å². The maximum absolute atomic E-state index is 12.6. The molecule has 41 heavy (non-hydrogen) atoms. The zero-order valence-corrected chi connectivity index (χ0v) is 25.6. The third kappa shape index (κ3) is 9.09. The number of nitrogens with zero attached hydrogens (tertiary/aromatic N) is 6. The standard InChI is InChI=1S/C30H34BrN7O2S/c1-22(31)18-34-37(3)29(33-19-23-9-11-25(12-10-23)28-21-41-36-35-28)17-27(32-2)26-13-15-38(16-14-26)30(39)40-20-24-7-5-4-6-8-24/h4-12,17-18,21,26,32H,1,13-16,19-20H2,2-3H3/b27-17?,33-29?,34-18-. The van der Waals surface area contributed by atoms with Gasteiger partial charge in [-0.15, -0.1) is 5.10 Å². The van der Waals surface area contributed by atoms with Crippen molar-refractivity contribution in [3.05, 3.63) is 93.9 Å². The summed E-state index contributed by atoms with van der Waals surface area (Å²) in [4.78, 5) is 19.3. The molecule has 1 aliphatic rings. The molecule has 9 nitrogen and oxygen atoms in total. The van der Waals surface area contributed by atoms with Gasteiger partial charge in [0.2, 0.25) is 0 Å². The number of amides is 1. The highest BCUT2D eigenvalue weighted by Gasteiger charge is 2.26. The minimum atomic E-state index is -0.273. The lowest BCUT2D eigenvalue weighted by atomic mass is 9.93. The van der Waals surface area contributed by atoms with Crippen LogP contribution in [-0.2, 0) is 17.9 Å². The SMILES string of the molecule is C=C(Br)/C=N\N(C)C(C=C(NC)C1CCN(C(=O)OCc2ccccc2)CC1)=NCc1ccc(-c2csnn2)cc1. The van der Waals surface area contributed by atoms with E-state index in [4.69, 9.17) is 9.73 Å². The van der Waals surface area contributed by atoms with Crippen molar-refractivity contribution in [2.45, 2.75) is 26.0 Å². The van der Waals surface area contributed by atoms with Crippen molar-refractivity contribution in [2.24, 2.45) is 16.0 Å². The number of halogens is 1. The molecule has 1 aliphatic heterocycles. The molecule has 4 rings (SSSR count). The van der Waals surface area contributed by atoms with Gasteiger partial charge in [0.1, 0.15) is 18.1 Å². The summed E-state index contributed by atoms with van der Waals surface area (Å²) >= 11 is 4.67. The molecule has 1 aromatic heterocycles. The molecule has 0 atom stereocenters. The van der Waals surface area contributed by atoms with Gasteiger partial charge in [0.05, 0.1) is 12.8 Å². The minimum Gasteiger partial charge on any atom is -0.445 e. The van der Waals surface area contributed by atoms with Gasteiger partial charge >= 0.3 is 6.09 Å². The molecule has 0 unspecified atom stereocenters. The van der Waals surface area contributed by atoms with Crippen LogP contribution in [0, 0.1) is 5.92 Å². The quantitative estimate of drug-likeness (QED) is 0.165. The maximum Gasteiger partial charge on any atom is 0.410 e. The molecular formula is C30H34BrN7O2S.